The lowest BCUT2D eigenvalue weighted by Gasteiger charge is -2.33. The first-order chi connectivity index (χ1) is 13.1. The highest BCUT2D eigenvalue weighted by Gasteiger charge is 2.29. The molecule has 0 spiro atoms. The van der Waals surface area contributed by atoms with Crippen molar-refractivity contribution in [3.63, 3.8) is 0 Å². The van der Waals surface area contributed by atoms with Crippen LogP contribution in [0.25, 0.3) is 0 Å². The third kappa shape index (κ3) is 4.20. The van der Waals surface area contributed by atoms with E-state index in [-0.39, 0.29) is 30.3 Å². The van der Waals surface area contributed by atoms with Crippen LogP contribution in [0.15, 0.2) is 36.4 Å². The number of carbonyl (C=O) groups is 1. The summed E-state index contributed by atoms with van der Waals surface area (Å²) in [5, 5.41) is 6.25. The molecule has 2 aromatic carbocycles. The number of hydrogen-bond donors (Lipinski definition) is 2. The maximum Gasteiger partial charge on any atom is 0.251 e. The lowest BCUT2D eigenvalue weighted by atomic mass is 9.85. The van der Waals surface area contributed by atoms with Gasteiger partial charge in [0.05, 0.1) is 0 Å². The van der Waals surface area contributed by atoms with Crippen molar-refractivity contribution < 1.29 is 23.0 Å². The van der Waals surface area contributed by atoms with Gasteiger partial charge in [-0.05, 0) is 48.9 Å². The van der Waals surface area contributed by atoms with Gasteiger partial charge < -0.3 is 20.1 Å². The summed E-state index contributed by atoms with van der Waals surface area (Å²) in [4.78, 5) is 12.7. The van der Waals surface area contributed by atoms with Crippen molar-refractivity contribution in [2.45, 2.75) is 18.4 Å². The Hall–Kier alpha value is -2.38. The predicted molar refractivity (Wildman–Crippen MR) is 103 cm³/mol. The van der Waals surface area contributed by atoms with Gasteiger partial charge in [-0.3, -0.25) is 4.79 Å². The van der Waals surface area contributed by atoms with E-state index in [0.717, 1.165) is 19.0 Å². The summed E-state index contributed by atoms with van der Waals surface area (Å²) in [6.07, 6.45) is 0.719. The van der Waals surface area contributed by atoms with Crippen LogP contribution >= 0.6 is 12.4 Å². The number of hydrogen-bond acceptors (Lipinski definition) is 4. The number of ether oxygens (including phenoxy) is 2. The highest BCUT2D eigenvalue weighted by Crippen LogP contribution is 2.31. The van der Waals surface area contributed by atoms with Crippen molar-refractivity contribution in [1.29, 1.82) is 0 Å². The van der Waals surface area contributed by atoms with Crippen LogP contribution in [-0.4, -0.2) is 38.3 Å². The van der Waals surface area contributed by atoms with E-state index in [2.05, 4.69) is 10.6 Å². The monoisotopic (exact) mass is 410 g/mol. The molecule has 2 unspecified atom stereocenters. The lowest BCUT2D eigenvalue weighted by molar-refractivity contribution is 0.0923. The second-order valence-electron chi connectivity index (χ2n) is 6.71. The van der Waals surface area contributed by atoms with Crippen molar-refractivity contribution in [2.24, 2.45) is 0 Å². The minimum Gasteiger partial charge on any atom is -0.486 e. The van der Waals surface area contributed by atoms with Gasteiger partial charge in [0, 0.05) is 24.1 Å². The summed E-state index contributed by atoms with van der Waals surface area (Å²) in [5.74, 6) is -0.909. The fourth-order valence-corrected chi connectivity index (χ4v) is 3.59. The zero-order valence-corrected chi connectivity index (χ0v) is 15.9. The highest BCUT2D eigenvalue weighted by atomic mass is 35.5. The average molecular weight is 411 g/mol. The van der Waals surface area contributed by atoms with Crippen LogP contribution in [0.4, 0.5) is 8.78 Å². The Morgan fingerprint density at radius 3 is 2.61 bits per heavy atom. The molecule has 2 aliphatic heterocycles. The third-order valence-corrected chi connectivity index (χ3v) is 4.97. The maximum absolute atomic E-state index is 13.6. The molecule has 0 radical (unpaired) electrons. The van der Waals surface area contributed by atoms with Gasteiger partial charge in [0.25, 0.3) is 5.91 Å². The largest absolute Gasteiger partial charge is 0.486 e. The molecular formula is C20H21ClF2N2O3. The Morgan fingerprint density at radius 1 is 1.04 bits per heavy atom. The topological polar surface area (TPSA) is 59.6 Å². The molecule has 2 heterocycles. The number of amides is 1. The first kappa shape index (κ1) is 20.4. The molecule has 1 amide bonds. The second kappa shape index (κ2) is 8.75. The zero-order chi connectivity index (χ0) is 18.8. The second-order valence-corrected chi connectivity index (χ2v) is 6.71. The van der Waals surface area contributed by atoms with Crippen LogP contribution in [0.1, 0.15) is 28.3 Å². The van der Waals surface area contributed by atoms with E-state index in [0.29, 0.717) is 42.4 Å². The Kier molecular flexibility index (Phi) is 6.36. The number of benzene rings is 2. The van der Waals surface area contributed by atoms with Crippen LogP contribution in [0, 0.1) is 11.6 Å². The summed E-state index contributed by atoms with van der Waals surface area (Å²) < 4.78 is 37.9. The maximum atomic E-state index is 13.6. The molecule has 5 nitrogen and oxygen atoms in total. The Bertz CT molecular complexity index is 865. The van der Waals surface area contributed by atoms with Crippen molar-refractivity contribution in [2.75, 3.05) is 26.3 Å². The van der Waals surface area contributed by atoms with Gasteiger partial charge in [-0.25, -0.2) is 8.78 Å². The molecule has 0 saturated carbocycles. The quantitative estimate of drug-likeness (QED) is 0.816. The molecule has 150 valence electrons. The summed E-state index contributed by atoms with van der Waals surface area (Å²) in [5.41, 5.74) is 1.15. The van der Waals surface area contributed by atoms with Crippen molar-refractivity contribution in [3.05, 3.63) is 59.2 Å². The molecule has 1 saturated heterocycles. The number of nitrogens with one attached hydrogen (secondary N) is 2. The fourth-order valence-electron chi connectivity index (χ4n) is 3.59. The van der Waals surface area contributed by atoms with Gasteiger partial charge in [0.2, 0.25) is 0 Å². The lowest BCUT2D eigenvalue weighted by Crippen LogP contribution is -2.50. The van der Waals surface area contributed by atoms with E-state index in [4.69, 9.17) is 9.47 Å². The first-order valence-corrected chi connectivity index (χ1v) is 8.98. The fraction of sp³-hybridized carbons (Fsp3) is 0.350. The standard InChI is InChI=1S/C20H20F2N2O3.ClH/c21-15-3-1-12(9-16(15)22)14-5-6-23-11-17(14)24-20(25)13-2-4-18-19(10-13)27-8-7-26-18;/h1-4,9-10,14,17,23H,5-8,11H2,(H,24,25);1H. The molecule has 28 heavy (non-hydrogen) atoms. The molecule has 2 aromatic rings. The molecule has 2 aliphatic rings. The average Bonchev–Trinajstić information content (AvgIpc) is 2.70. The Morgan fingerprint density at radius 2 is 1.82 bits per heavy atom. The predicted octanol–water partition coefficient (Wildman–Crippen LogP) is 3.03. The normalized spacial score (nSPS) is 20.8. The van der Waals surface area contributed by atoms with Gasteiger partial charge in [0.1, 0.15) is 13.2 Å². The summed E-state index contributed by atoms with van der Waals surface area (Å²) >= 11 is 0. The molecule has 8 heteroatoms. The molecule has 4 rings (SSSR count). The minimum atomic E-state index is -0.872. The molecular weight excluding hydrogens is 390 g/mol. The van der Waals surface area contributed by atoms with Gasteiger partial charge in [-0.1, -0.05) is 6.07 Å². The number of rotatable bonds is 3. The summed E-state index contributed by atoms with van der Waals surface area (Å²) in [7, 11) is 0. The number of fused-ring (bicyclic) bond motifs is 1. The van der Waals surface area contributed by atoms with Gasteiger partial charge in [-0.2, -0.15) is 0 Å². The Balaban J connectivity index is 0.00000225. The van der Waals surface area contributed by atoms with Crippen molar-refractivity contribution in [3.8, 4) is 11.5 Å². The molecule has 0 aliphatic carbocycles. The van der Waals surface area contributed by atoms with E-state index in [1.807, 2.05) is 0 Å². The van der Waals surface area contributed by atoms with E-state index in [1.165, 1.54) is 6.07 Å². The highest BCUT2D eigenvalue weighted by molar-refractivity contribution is 5.95. The SMILES string of the molecule is Cl.O=C(NC1CNCCC1c1ccc(F)c(F)c1)c1ccc2c(c1)OCCO2. The van der Waals surface area contributed by atoms with Crippen LogP contribution in [0.3, 0.4) is 0 Å². The Labute approximate surface area is 167 Å². The third-order valence-electron chi connectivity index (χ3n) is 4.97. The van der Waals surface area contributed by atoms with E-state index in [9.17, 15) is 13.6 Å². The molecule has 2 atom stereocenters. The number of halogens is 3. The first-order valence-electron chi connectivity index (χ1n) is 8.98. The van der Waals surface area contributed by atoms with E-state index in [1.54, 1.807) is 24.3 Å². The smallest absolute Gasteiger partial charge is 0.251 e. The van der Waals surface area contributed by atoms with Gasteiger partial charge in [0.15, 0.2) is 23.1 Å². The summed E-state index contributed by atoms with van der Waals surface area (Å²) in [6.45, 7) is 2.24. The van der Waals surface area contributed by atoms with Crippen molar-refractivity contribution in [1.82, 2.24) is 10.6 Å². The van der Waals surface area contributed by atoms with Crippen LogP contribution in [-0.2, 0) is 0 Å². The van der Waals surface area contributed by atoms with E-state index < -0.39 is 11.6 Å². The molecule has 0 aromatic heterocycles. The summed E-state index contributed by atoms with van der Waals surface area (Å²) in [6, 6.07) is 8.76. The van der Waals surface area contributed by atoms with Crippen LogP contribution in [0.2, 0.25) is 0 Å². The molecule has 1 fully saturated rings. The van der Waals surface area contributed by atoms with Gasteiger partial charge in [-0.15, -0.1) is 12.4 Å². The molecule has 2 N–H and O–H groups in total. The van der Waals surface area contributed by atoms with Crippen LogP contribution in [0.5, 0.6) is 11.5 Å². The number of carbonyl (C=O) groups excluding carboxylic acids is 1. The minimum absolute atomic E-state index is 0. The van der Waals surface area contributed by atoms with E-state index >= 15 is 0 Å². The zero-order valence-electron chi connectivity index (χ0n) is 15.0. The number of piperidine rings is 1. The molecule has 0 bridgehead atoms. The van der Waals surface area contributed by atoms with Crippen LogP contribution < -0.4 is 20.1 Å². The van der Waals surface area contributed by atoms with Crippen molar-refractivity contribution >= 4 is 18.3 Å². The van der Waals surface area contributed by atoms with Gasteiger partial charge >= 0.3 is 0 Å².